The van der Waals surface area contributed by atoms with Crippen LogP contribution < -0.4 is 5.32 Å². The molecule has 0 saturated heterocycles. The van der Waals surface area contributed by atoms with E-state index in [2.05, 4.69) is 20.4 Å². The molecule has 6 nitrogen and oxygen atoms in total. The van der Waals surface area contributed by atoms with Gasteiger partial charge in [-0.25, -0.2) is 4.98 Å². The number of nitrogens with one attached hydrogen (secondary N) is 1. The van der Waals surface area contributed by atoms with Crippen molar-refractivity contribution in [1.82, 2.24) is 19.7 Å². The first kappa shape index (κ1) is 18.8. The van der Waals surface area contributed by atoms with Crippen LogP contribution in [0.1, 0.15) is 21.6 Å². The Bertz CT molecular complexity index is 1180. The van der Waals surface area contributed by atoms with E-state index in [1.54, 1.807) is 22.9 Å². The fourth-order valence-electron chi connectivity index (χ4n) is 2.93. The van der Waals surface area contributed by atoms with Gasteiger partial charge < -0.3 is 0 Å². The van der Waals surface area contributed by atoms with Gasteiger partial charge in [0.25, 0.3) is 5.91 Å². The van der Waals surface area contributed by atoms with Gasteiger partial charge in [0.15, 0.2) is 0 Å². The Balaban J connectivity index is 1.77. The highest BCUT2D eigenvalue weighted by Crippen LogP contribution is 2.22. The van der Waals surface area contributed by atoms with Crippen molar-refractivity contribution in [2.75, 3.05) is 5.32 Å². The molecule has 0 bridgehead atoms. The summed E-state index contributed by atoms with van der Waals surface area (Å²) >= 11 is 6.01. The monoisotopic (exact) mass is 403 g/mol. The number of amides is 1. The Morgan fingerprint density at radius 2 is 1.69 bits per heavy atom. The van der Waals surface area contributed by atoms with Crippen molar-refractivity contribution in [1.29, 1.82) is 0 Å². The minimum Gasteiger partial charge on any atom is -0.290 e. The largest absolute Gasteiger partial charge is 0.290 e. The SMILES string of the molecule is Cc1cccc(-c2nc(NC(=O)c3ccccc3C)n(-c3ccc(Cl)cc3)n2)n1. The summed E-state index contributed by atoms with van der Waals surface area (Å²) in [5, 5.41) is 8.06. The highest BCUT2D eigenvalue weighted by atomic mass is 35.5. The molecular weight excluding hydrogens is 386 g/mol. The molecule has 0 aliphatic rings. The maximum atomic E-state index is 12.8. The van der Waals surface area contributed by atoms with Crippen LogP contribution in [0.25, 0.3) is 17.2 Å². The van der Waals surface area contributed by atoms with Gasteiger partial charge in [0.1, 0.15) is 5.69 Å². The summed E-state index contributed by atoms with van der Waals surface area (Å²) in [6, 6.07) is 20.2. The van der Waals surface area contributed by atoms with E-state index < -0.39 is 0 Å². The van der Waals surface area contributed by atoms with Crippen molar-refractivity contribution in [2.45, 2.75) is 13.8 Å². The first-order valence-electron chi connectivity index (χ1n) is 9.05. The first-order valence-corrected chi connectivity index (χ1v) is 9.43. The smallest absolute Gasteiger partial charge is 0.258 e. The zero-order valence-electron chi connectivity index (χ0n) is 15.9. The molecule has 0 aliphatic carbocycles. The summed E-state index contributed by atoms with van der Waals surface area (Å²) in [6.45, 7) is 3.79. The summed E-state index contributed by atoms with van der Waals surface area (Å²) in [5.74, 6) is 0.470. The van der Waals surface area contributed by atoms with Crippen LogP contribution in [0.15, 0.2) is 66.7 Å². The number of nitrogens with zero attached hydrogens (tertiary/aromatic N) is 4. The van der Waals surface area contributed by atoms with Gasteiger partial charge >= 0.3 is 0 Å². The Kier molecular flexibility index (Phi) is 5.10. The van der Waals surface area contributed by atoms with Crippen molar-refractivity contribution in [2.24, 2.45) is 0 Å². The van der Waals surface area contributed by atoms with E-state index in [4.69, 9.17) is 11.6 Å². The average Bonchev–Trinajstić information content (AvgIpc) is 3.12. The molecule has 0 spiro atoms. The maximum absolute atomic E-state index is 12.8. The van der Waals surface area contributed by atoms with Gasteiger partial charge in [-0.15, -0.1) is 5.10 Å². The van der Waals surface area contributed by atoms with Crippen LogP contribution >= 0.6 is 11.6 Å². The van der Waals surface area contributed by atoms with Crippen molar-refractivity contribution < 1.29 is 4.79 Å². The highest BCUT2D eigenvalue weighted by Gasteiger charge is 2.18. The average molecular weight is 404 g/mol. The molecule has 7 heteroatoms. The summed E-state index contributed by atoms with van der Waals surface area (Å²) in [7, 11) is 0. The normalized spacial score (nSPS) is 10.7. The Hall–Kier alpha value is -3.51. The zero-order chi connectivity index (χ0) is 20.4. The van der Waals surface area contributed by atoms with Gasteiger partial charge in [0.05, 0.1) is 5.69 Å². The second-order valence-electron chi connectivity index (χ2n) is 6.58. The third kappa shape index (κ3) is 4.02. The van der Waals surface area contributed by atoms with Crippen LogP contribution in [-0.2, 0) is 0 Å². The number of hydrogen-bond acceptors (Lipinski definition) is 4. The number of anilines is 1. The lowest BCUT2D eigenvalue weighted by atomic mass is 10.1. The lowest BCUT2D eigenvalue weighted by molar-refractivity contribution is 0.102. The lowest BCUT2D eigenvalue weighted by Gasteiger charge is -2.08. The molecule has 4 aromatic rings. The van der Waals surface area contributed by atoms with Crippen LogP contribution in [0.4, 0.5) is 5.95 Å². The molecule has 0 unspecified atom stereocenters. The molecule has 0 aliphatic heterocycles. The second-order valence-corrected chi connectivity index (χ2v) is 7.02. The van der Waals surface area contributed by atoms with Gasteiger partial charge in [-0.1, -0.05) is 35.9 Å². The van der Waals surface area contributed by atoms with E-state index in [0.29, 0.717) is 28.1 Å². The quantitative estimate of drug-likeness (QED) is 0.528. The molecule has 2 aromatic heterocycles. The summed E-state index contributed by atoms with van der Waals surface area (Å²) in [4.78, 5) is 21.9. The molecule has 4 rings (SSSR count). The third-order valence-corrected chi connectivity index (χ3v) is 4.66. The Morgan fingerprint density at radius 3 is 2.41 bits per heavy atom. The van der Waals surface area contributed by atoms with E-state index in [-0.39, 0.29) is 5.91 Å². The minimum atomic E-state index is -0.255. The van der Waals surface area contributed by atoms with Gasteiger partial charge in [-0.3, -0.25) is 10.1 Å². The Labute approximate surface area is 173 Å². The van der Waals surface area contributed by atoms with Crippen LogP contribution in [0, 0.1) is 13.8 Å². The number of carbonyl (C=O) groups excluding carboxylic acids is 1. The number of aryl methyl sites for hydroxylation is 2. The summed E-state index contributed by atoms with van der Waals surface area (Å²) in [6.07, 6.45) is 0. The first-order chi connectivity index (χ1) is 14.0. The molecule has 1 amide bonds. The maximum Gasteiger partial charge on any atom is 0.258 e. The second kappa shape index (κ2) is 7.85. The molecule has 29 heavy (non-hydrogen) atoms. The molecule has 1 N–H and O–H groups in total. The number of aromatic nitrogens is 4. The van der Waals surface area contributed by atoms with Crippen LogP contribution in [-0.4, -0.2) is 25.7 Å². The standard InChI is InChI=1S/C22H18ClN5O/c1-14-6-3-4-8-18(14)21(29)26-22-25-20(19-9-5-7-15(2)24-19)27-28(22)17-12-10-16(23)11-13-17/h3-13H,1-2H3,(H,25,26,27,29). The summed E-state index contributed by atoms with van der Waals surface area (Å²) < 4.78 is 1.58. The molecule has 2 heterocycles. The van der Waals surface area contributed by atoms with Crippen molar-refractivity contribution in [3.63, 3.8) is 0 Å². The number of carbonyl (C=O) groups is 1. The van der Waals surface area contributed by atoms with E-state index in [1.165, 1.54) is 0 Å². The zero-order valence-corrected chi connectivity index (χ0v) is 16.7. The van der Waals surface area contributed by atoms with Gasteiger partial charge in [-0.05, 0) is 61.9 Å². The molecule has 144 valence electrons. The lowest BCUT2D eigenvalue weighted by Crippen LogP contribution is -2.17. The van der Waals surface area contributed by atoms with Gasteiger partial charge in [0, 0.05) is 16.3 Å². The topological polar surface area (TPSA) is 72.7 Å². The molecule has 0 atom stereocenters. The molecule has 0 fully saturated rings. The minimum absolute atomic E-state index is 0.255. The number of halogens is 1. The summed E-state index contributed by atoms with van der Waals surface area (Å²) in [5.41, 5.74) is 3.66. The third-order valence-electron chi connectivity index (χ3n) is 4.41. The Morgan fingerprint density at radius 1 is 0.931 bits per heavy atom. The predicted octanol–water partition coefficient (Wildman–Crippen LogP) is 4.85. The fourth-order valence-corrected chi connectivity index (χ4v) is 3.05. The van der Waals surface area contributed by atoms with Crippen molar-refractivity contribution in [3.8, 4) is 17.2 Å². The van der Waals surface area contributed by atoms with Gasteiger partial charge in [-0.2, -0.15) is 9.67 Å². The van der Waals surface area contributed by atoms with Crippen molar-refractivity contribution in [3.05, 3.63) is 88.6 Å². The highest BCUT2D eigenvalue weighted by molar-refractivity contribution is 6.30. The fraction of sp³-hybridized carbons (Fsp3) is 0.0909. The van der Waals surface area contributed by atoms with Crippen LogP contribution in [0.2, 0.25) is 5.02 Å². The van der Waals surface area contributed by atoms with E-state index in [1.807, 2.05) is 62.4 Å². The van der Waals surface area contributed by atoms with Crippen LogP contribution in [0.5, 0.6) is 0 Å². The molecule has 0 saturated carbocycles. The number of benzene rings is 2. The van der Waals surface area contributed by atoms with E-state index in [9.17, 15) is 4.79 Å². The number of pyridine rings is 1. The number of hydrogen-bond donors (Lipinski definition) is 1. The van der Waals surface area contributed by atoms with Crippen molar-refractivity contribution >= 4 is 23.5 Å². The van der Waals surface area contributed by atoms with Crippen LogP contribution in [0.3, 0.4) is 0 Å². The molecule has 0 radical (unpaired) electrons. The predicted molar refractivity (Wildman–Crippen MR) is 113 cm³/mol. The molecular formula is C22H18ClN5O. The van der Waals surface area contributed by atoms with E-state index >= 15 is 0 Å². The van der Waals surface area contributed by atoms with Gasteiger partial charge in [0.2, 0.25) is 11.8 Å². The number of rotatable bonds is 4. The van der Waals surface area contributed by atoms with E-state index in [0.717, 1.165) is 16.9 Å². The molecule has 2 aromatic carbocycles.